The number of fused-ring (bicyclic) bond motifs is 1. The zero-order chi connectivity index (χ0) is 21.1. The Labute approximate surface area is 192 Å². The number of rotatable bonds is 5. The Balaban J connectivity index is 1.63. The van der Waals surface area contributed by atoms with E-state index in [1.54, 1.807) is 4.90 Å². The fourth-order valence-corrected chi connectivity index (χ4v) is 5.66. The lowest BCUT2D eigenvalue weighted by molar-refractivity contribution is -0.0646. The number of carbonyl (C=O) groups is 1. The molecule has 160 valence electrons. The largest absolute Gasteiger partial charge is 0.490 e. The van der Waals surface area contributed by atoms with Gasteiger partial charge >= 0.3 is 6.09 Å². The van der Waals surface area contributed by atoms with E-state index < -0.39 is 18.2 Å². The maximum Gasteiger partial charge on any atom is 0.408 e. The molecule has 6 nitrogen and oxygen atoms in total. The van der Waals surface area contributed by atoms with Crippen LogP contribution in [0.5, 0.6) is 5.75 Å². The van der Waals surface area contributed by atoms with E-state index in [1.165, 1.54) is 0 Å². The summed E-state index contributed by atoms with van der Waals surface area (Å²) in [6.45, 7) is 2.31. The van der Waals surface area contributed by atoms with Gasteiger partial charge in [0, 0.05) is 20.6 Å². The second-order valence-electron chi connectivity index (χ2n) is 7.59. The number of ether oxygens (including phenoxy) is 2. The molecule has 0 spiro atoms. The van der Waals surface area contributed by atoms with Crippen LogP contribution in [0.15, 0.2) is 51.4 Å². The van der Waals surface area contributed by atoms with Gasteiger partial charge in [-0.3, -0.25) is 4.90 Å². The van der Waals surface area contributed by atoms with Gasteiger partial charge in [-0.2, -0.15) is 0 Å². The molecule has 8 heteroatoms. The lowest BCUT2D eigenvalue weighted by atomic mass is 9.93. The van der Waals surface area contributed by atoms with Gasteiger partial charge in [0.1, 0.15) is 18.5 Å². The molecule has 2 aliphatic heterocycles. The van der Waals surface area contributed by atoms with Crippen LogP contribution in [0.25, 0.3) is 0 Å². The summed E-state index contributed by atoms with van der Waals surface area (Å²) in [5.41, 5.74) is 1.86. The predicted octanol–water partition coefficient (Wildman–Crippen LogP) is 4.96. The molecule has 2 aliphatic rings. The molecule has 2 atom stereocenters. The molecule has 0 aromatic heterocycles. The van der Waals surface area contributed by atoms with Crippen molar-refractivity contribution in [3.63, 3.8) is 0 Å². The summed E-state index contributed by atoms with van der Waals surface area (Å²) in [4.78, 5) is 14.0. The molecule has 2 heterocycles. The normalized spacial score (nSPS) is 21.5. The van der Waals surface area contributed by atoms with Gasteiger partial charge in [0.25, 0.3) is 0 Å². The van der Waals surface area contributed by atoms with Crippen LogP contribution in [-0.2, 0) is 11.3 Å². The predicted molar refractivity (Wildman–Crippen MR) is 121 cm³/mol. The average Bonchev–Trinajstić information content (AvgIpc) is 2.73. The number of piperidine rings is 1. The third-order valence-corrected chi connectivity index (χ3v) is 6.52. The minimum absolute atomic E-state index is 0.0500. The van der Waals surface area contributed by atoms with Gasteiger partial charge in [0.05, 0.1) is 12.6 Å². The monoisotopic (exact) mass is 538 g/mol. The first-order chi connectivity index (χ1) is 14.5. The Morgan fingerprint density at radius 2 is 1.87 bits per heavy atom. The fraction of sp³-hybridized carbons (Fsp3) is 0.409. The Morgan fingerprint density at radius 1 is 1.17 bits per heavy atom. The summed E-state index contributed by atoms with van der Waals surface area (Å²) in [5, 5.41) is 13.5. The van der Waals surface area contributed by atoms with E-state index in [0.29, 0.717) is 13.2 Å². The number of nitrogens with one attached hydrogen (secondary N) is 1. The molecule has 2 aromatic carbocycles. The zero-order valence-corrected chi connectivity index (χ0v) is 19.6. The van der Waals surface area contributed by atoms with E-state index in [4.69, 9.17) is 9.47 Å². The molecule has 30 heavy (non-hydrogen) atoms. The van der Waals surface area contributed by atoms with Crippen LogP contribution in [0.2, 0.25) is 0 Å². The quantitative estimate of drug-likeness (QED) is 0.561. The van der Waals surface area contributed by atoms with Gasteiger partial charge in [0.2, 0.25) is 0 Å². The molecule has 0 aliphatic carbocycles. The summed E-state index contributed by atoms with van der Waals surface area (Å²) in [7, 11) is 0. The first-order valence-electron chi connectivity index (χ1n) is 10.0. The summed E-state index contributed by atoms with van der Waals surface area (Å²) >= 11 is 7.01. The highest BCUT2D eigenvalue weighted by molar-refractivity contribution is 9.11. The second kappa shape index (κ2) is 9.68. The van der Waals surface area contributed by atoms with Gasteiger partial charge in [-0.05, 0) is 55.8 Å². The molecular formula is C22H24Br2N2O4. The molecular weight excluding hydrogens is 516 g/mol. The molecule has 4 rings (SSSR count). The number of halogens is 2. The van der Waals surface area contributed by atoms with Crippen LogP contribution in [0.1, 0.15) is 30.0 Å². The van der Waals surface area contributed by atoms with Crippen molar-refractivity contribution < 1.29 is 19.4 Å². The number of para-hydroxylation sites is 1. The van der Waals surface area contributed by atoms with Gasteiger partial charge in [-0.1, -0.05) is 50.1 Å². The third kappa shape index (κ3) is 4.82. The van der Waals surface area contributed by atoms with Crippen molar-refractivity contribution in [1.82, 2.24) is 10.2 Å². The van der Waals surface area contributed by atoms with Gasteiger partial charge in [-0.25, -0.2) is 4.79 Å². The smallest absolute Gasteiger partial charge is 0.408 e. The number of hydrogen-bond acceptors (Lipinski definition) is 4. The van der Waals surface area contributed by atoms with E-state index in [-0.39, 0.29) is 6.04 Å². The Bertz CT molecular complexity index is 884. The molecule has 2 N–H and O–H groups in total. The SMILES string of the molecule is O=C(O)N(C1CCNCC1)[C@H]1c2ccccc2OC[C@@H]1OCc1cc(Br)cc(Br)c1. The number of benzene rings is 2. The maximum atomic E-state index is 12.4. The van der Waals surface area contributed by atoms with E-state index >= 15 is 0 Å². The topological polar surface area (TPSA) is 71.0 Å². The molecule has 0 radical (unpaired) electrons. The number of amides is 1. The second-order valence-corrected chi connectivity index (χ2v) is 9.42. The van der Waals surface area contributed by atoms with Crippen molar-refractivity contribution in [1.29, 1.82) is 0 Å². The van der Waals surface area contributed by atoms with Crippen LogP contribution in [0, 0.1) is 0 Å². The van der Waals surface area contributed by atoms with E-state index in [1.807, 2.05) is 42.5 Å². The Kier molecular flexibility index (Phi) is 6.98. The van der Waals surface area contributed by atoms with Crippen LogP contribution >= 0.6 is 31.9 Å². The summed E-state index contributed by atoms with van der Waals surface area (Å²) in [6, 6.07) is 13.2. The first kappa shape index (κ1) is 21.6. The van der Waals surface area contributed by atoms with E-state index in [0.717, 1.165) is 51.8 Å². The lowest BCUT2D eigenvalue weighted by Gasteiger charge is -2.43. The van der Waals surface area contributed by atoms with Crippen LogP contribution in [0.3, 0.4) is 0 Å². The molecule has 0 saturated carbocycles. The average molecular weight is 540 g/mol. The van der Waals surface area contributed by atoms with Crippen molar-refractivity contribution in [3.8, 4) is 5.75 Å². The Morgan fingerprint density at radius 3 is 2.57 bits per heavy atom. The van der Waals surface area contributed by atoms with Crippen LogP contribution in [-0.4, -0.2) is 47.9 Å². The molecule has 1 saturated heterocycles. The first-order valence-corrected chi connectivity index (χ1v) is 11.6. The highest BCUT2D eigenvalue weighted by atomic mass is 79.9. The lowest BCUT2D eigenvalue weighted by Crippen LogP contribution is -2.52. The molecule has 0 bridgehead atoms. The molecule has 1 fully saturated rings. The van der Waals surface area contributed by atoms with Gasteiger partial charge in [-0.15, -0.1) is 0 Å². The number of hydrogen-bond donors (Lipinski definition) is 2. The number of nitrogens with zero attached hydrogens (tertiary/aromatic N) is 1. The van der Waals surface area contributed by atoms with Gasteiger partial charge < -0.3 is 19.9 Å². The molecule has 2 aromatic rings. The Hall–Kier alpha value is -1.61. The van der Waals surface area contributed by atoms with Crippen molar-refractivity contribution in [3.05, 3.63) is 62.5 Å². The van der Waals surface area contributed by atoms with Crippen molar-refractivity contribution in [2.45, 2.75) is 37.6 Å². The summed E-state index contributed by atoms with van der Waals surface area (Å²) in [5.74, 6) is 0.729. The van der Waals surface area contributed by atoms with Crippen molar-refractivity contribution in [2.24, 2.45) is 0 Å². The maximum absolute atomic E-state index is 12.4. The third-order valence-electron chi connectivity index (χ3n) is 5.60. The zero-order valence-electron chi connectivity index (χ0n) is 16.4. The van der Waals surface area contributed by atoms with Crippen molar-refractivity contribution in [2.75, 3.05) is 19.7 Å². The van der Waals surface area contributed by atoms with Gasteiger partial charge in [0.15, 0.2) is 0 Å². The van der Waals surface area contributed by atoms with E-state index in [9.17, 15) is 9.90 Å². The number of carboxylic acid groups (broad SMARTS) is 1. The fourth-order valence-electron chi connectivity index (χ4n) is 4.27. The summed E-state index contributed by atoms with van der Waals surface area (Å²) in [6.07, 6.45) is 0.264. The standard InChI is InChI=1S/C22H24Br2N2O4/c23-15-9-14(10-16(24)11-15)12-29-20-13-30-19-4-2-1-3-18(19)21(20)26(22(27)28)17-5-7-25-8-6-17/h1-4,9-11,17,20-21,25H,5-8,12-13H2,(H,27,28)/t20-,21-/m0/s1. The minimum atomic E-state index is -0.914. The molecule has 0 unspecified atom stereocenters. The summed E-state index contributed by atoms with van der Waals surface area (Å²) < 4.78 is 14.1. The highest BCUT2D eigenvalue weighted by Gasteiger charge is 2.41. The van der Waals surface area contributed by atoms with Crippen LogP contribution in [0.4, 0.5) is 4.79 Å². The minimum Gasteiger partial charge on any atom is -0.490 e. The van der Waals surface area contributed by atoms with E-state index in [2.05, 4.69) is 37.2 Å². The van der Waals surface area contributed by atoms with Crippen molar-refractivity contribution >= 4 is 38.0 Å². The van der Waals surface area contributed by atoms with Crippen LogP contribution < -0.4 is 10.1 Å². The highest BCUT2D eigenvalue weighted by Crippen LogP contribution is 2.40. The molecule has 1 amide bonds.